The highest BCUT2D eigenvalue weighted by atomic mass is 16.5. The van der Waals surface area contributed by atoms with E-state index in [-0.39, 0.29) is 12.2 Å². The van der Waals surface area contributed by atoms with Crippen LogP contribution in [0.2, 0.25) is 0 Å². The van der Waals surface area contributed by atoms with Crippen LogP contribution in [0.5, 0.6) is 11.5 Å². The Morgan fingerprint density at radius 2 is 1.59 bits per heavy atom. The van der Waals surface area contributed by atoms with E-state index < -0.39 is 11.9 Å². The molecule has 0 atom stereocenters. The average Bonchev–Trinajstić information content (AvgIpc) is 2.87. The van der Waals surface area contributed by atoms with Crippen molar-refractivity contribution in [3.63, 3.8) is 0 Å². The van der Waals surface area contributed by atoms with Gasteiger partial charge in [0.1, 0.15) is 18.2 Å². The van der Waals surface area contributed by atoms with Gasteiger partial charge in [-0.2, -0.15) is 5.26 Å². The molecule has 3 rings (SSSR count). The Kier molecular flexibility index (Phi) is 9.45. The van der Waals surface area contributed by atoms with Gasteiger partial charge in [0.2, 0.25) is 0 Å². The van der Waals surface area contributed by atoms with Crippen molar-refractivity contribution in [3.8, 4) is 17.6 Å². The second-order valence-electron chi connectivity index (χ2n) is 8.35. The first kappa shape index (κ1) is 27.0. The molecule has 3 aromatic rings. The van der Waals surface area contributed by atoms with Gasteiger partial charge >= 0.3 is 5.97 Å². The number of carbonyl (C=O) groups is 2. The fourth-order valence-corrected chi connectivity index (χ4v) is 3.73. The van der Waals surface area contributed by atoms with Crippen molar-refractivity contribution in [1.29, 1.82) is 5.26 Å². The summed E-state index contributed by atoms with van der Waals surface area (Å²) < 4.78 is 16.7. The first-order valence-corrected chi connectivity index (χ1v) is 12.0. The van der Waals surface area contributed by atoms with Crippen molar-refractivity contribution in [2.75, 3.05) is 18.5 Å². The number of nitriles is 1. The highest BCUT2D eigenvalue weighted by molar-refractivity contribution is 6.09. The quantitative estimate of drug-likeness (QED) is 0.209. The molecule has 7 nitrogen and oxygen atoms in total. The first-order chi connectivity index (χ1) is 17.8. The molecular formula is C30H30N2O5. The third-order valence-electron chi connectivity index (χ3n) is 5.27. The predicted molar refractivity (Wildman–Crippen MR) is 142 cm³/mol. The van der Waals surface area contributed by atoms with Gasteiger partial charge in [-0.3, -0.25) is 4.79 Å². The normalized spacial score (nSPS) is 10.8. The van der Waals surface area contributed by atoms with Gasteiger partial charge in [-0.25, -0.2) is 4.79 Å². The van der Waals surface area contributed by atoms with Gasteiger partial charge in [0, 0.05) is 5.69 Å². The molecule has 0 aliphatic rings. The summed E-state index contributed by atoms with van der Waals surface area (Å²) in [5.74, 6) is 0.0830. The molecule has 37 heavy (non-hydrogen) atoms. The van der Waals surface area contributed by atoms with Crippen molar-refractivity contribution in [3.05, 3.63) is 94.1 Å². The molecule has 0 radical (unpaired) electrons. The molecule has 1 amide bonds. The molecule has 3 aromatic carbocycles. The van der Waals surface area contributed by atoms with Crippen molar-refractivity contribution in [2.45, 2.75) is 34.3 Å². The zero-order valence-corrected chi connectivity index (χ0v) is 21.5. The molecule has 0 unspecified atom stereocenters. The van der Waals surface area contributed by atoms with Gasteiger partial charge < -0.3 is 19.5 Å². The molecule has 0 bridgehead atoms. The van der Waals surface area contributed by atoms with E-state index in [1.807, 2.05) is 26.8 Å². The van der Waals surface area contributed by atoms with Crippen LogP contribution < -0.4 is 14.8 Å². The Balaban J connectivity index is 1.74. The zero-order chi connectivity index (χ0) is 26.8. The molecule has 0 heterocycles. The monoisotopic (exact) mass is 498 g/mol. The number of esters is 1. The zero-order valence-electron chi connectivity index (χ0n) is 21.5. The van der Waals surface area contributed by atoms with E-state index in [4.69, 9.17) is 14.2 Å². The molecular weight excluding hydrogens is 468 g/mol. The number of hydrogen-bond donors (Lipinski definition) is 1. The maximum atomic E-state index is 12.7. The van der Waals surface area contributed by atoms with Crippen LogP contribution in [0, 0.1) is 25.2 Å². The molecule has 0 aliphatic carbocycles. The van der Waals surface area contributed by atoms with Crippen LogP contribution >= 0.6 is 0 Å². The van der Waals surface area contributed by atoms with Crippen LogP contribution in [0.15, 0.2) is 66.2 Å². The summed E-state index contributed by atoms with van der Waals surface area (Å²) in [6, 6.07) is 19.7. The van der Waals surface area contributed by atoms with Gasteiger partial charge in [0.25, 0.3) is 5.91 Å². The highest BCUT2D eigenvalue weighted by Gasteiger charge is 2.13. The van der Waals surface area contributed by atoms with Gasteiger partial charge in [0.05, 0.1) is 18.8 Å². The summed E-state index contributed by atoms with van der Waals surface area (Å²) in [5, 5.41) is 12.3. The predicted octanol–water partition coefficient (Wildman–Crippen LogP) is 6.00. The fraction of sp³-hybridized carbons (Fsp3) is 0.233. The molecule has 0 saturated heterocycles. The SMILES string of the molecule is CCOC(=O)c1ccc(NC(=O)/C(C#N)=C/c2ccc(OCc3cc(C)cc(C)c3)c(OCC)c2)cc1. The van der Waals surface area contributed by atoms with E-state index in [1.54, 1.807) is 49.4 Å². The number of rotatable bonds is 10. The maximum absolute atomic E-state index is 12.7. The lowest BCUT2D eigenvalue weighted by Crippen LogP contribution is -2.13. The Morgan fingerprint density at radius 3 is 2.22 bits per heavy atom. The van der Waals surface area contributed by atoms with Gasteiger partial charge in [-0.15, -0.1) is 0 Å². The van der Waals surface area contributed by atoms with Crippen molar-refractivity contribution in [1.82, 2.24) is 0 Å². The lowest BCUT2D eigenvalue weighted by atomic mass is 10.1. The average molecular weight is 499 g/mol. The van der Waals surface area contributed by atoms with Crippen molar-refractivity contribution < 1.29 is 23.8 Å². The number of benzene rings is 3. The fourth-order valence-electron chi connectivity index (χ4n) is 3.73. The smallest absolute Gasteiger partial charge is 0.338 e. The van der Waals surface area contributed by atoms with Crippen LogP contribution in [0.4, 0.5) is 5.69 Å². The molecule has 1 N–H and O–H groups in total. The third kappa shape index (κ3) is 7.71. The Labute approximate surface area is 217 Å². The largest absolute Gasteiger partial charge is 0.490 e. The Morgan fingerprint density at radius 1 is 0.892 bits per heavy atom. The minimum Gasteiger partial charge on any atom is -0.490 e. The van der Waals surface area contributed by atoms with Crippen LogP contribution in [-0.2, 0) is 16.1 Å². The topological polar surface area (TPSA) is 97.7 Å². The molecule has 0 fully saturated rings. The number of amides is 1. The summed E-state index contributed by atoms with van der Waals surface area (Å²) in [5.41, 5.74) is 4.75. The third-order valence-corrected chi connectivity index (χ3v) is 5.27. The summed E-state index contributed by atoms with van der Waals surface area (Å²) in [7, 11) is 0. The van der Waals surface area contributed by atoms with E-state index in [9.17, 15) is 14.9 Å². The molecule has 190 valence electrons. The number of carbonyl (C=O) groups excluding carboxylic acids is 2. The van der Waals surface area contributed by atoms with E-state index in [0.29, 0.717) is 41.5 Å². The van der Waals surface area contributed by atoms with Crippen molar-refractivity contribution >= 4 is 23.6 Å². The van der Waals surface area contributed by atoms with Gasteiger partial charge in [0.15, 0.2) is 11.5 Å². The molecule has 7 heteroatoms. The van der Waals surface area contributed by atoms with Gasteiger partial charge in [-0.05, 0) is 81.3 Å². The number of nitrogens with one attached hydrogen (secondary N) is 1. The second-order valence-corrected chi connectivity index (χ2v) is 8.35. The molecule has 0 aliphatic heterocycles. The van der Waals surface area contributed by atoms with E-state index in [1.165, 1.54) is 17.2 Å². The van der Waals surface area contributed by atoms with Crippen molar-refractivity contribution in [2.24, 2.45) is 0 Å². The number of hydrogen-bond acceptors (Lipinski definition) is 6. The van der Waals surface area contributed by atoms with Crippen LogP contribution in [0.1, 0.15) is 46.5 Å². The molecule has 0 saturated carbocycles. The number of anilines is 1. The van der Waals surface area contributed by atoms with Crippen LogP contribution in [0.3, 0.4) is 0 Å². The standard InChI is InChI=1S/C30H30N2O5/c1-5-35-28-17-22(7-12-27(28)37-19-23-14-20(3)13-21(4)15-23)16-25(18-31)29(33)32-26-10-8-24(9-11-26)30(34)36-6-2/h7-17H,5-6,19H2,1-4H3,(H,32,33)/b25-16+. The minimum atomic E-state index is -0.570. The lowest BCUT2D eigenvalue weighted by Gasteiger charge is -2.13. The Hall–Kier alpha value is -4.57. The minimum absolute atomic E-state index is 0.0826. The summed E-state index contributed by atoms with van der Waals surface area (Å²) in [4.78, 5) is 24.5. The maximum Gasteiger partial charge on any atom is 0.338 e. The first-order valence-electron chi connectivity index (χ1n) is 12.0. The highest BCUT2D eigenvalue weighted by Crippen LogP contribution is 2.30. The summed E-state index contributed by atoms with van der Waals surface area (Å²) >= 11 is 0. The van der Waals surface area contributed by atoms with Crippen LogP contribution in [-0.4, -0.2) is 25.1 Å². The van der Waals surface area contributed by atoms with E-state index in [0.717, 1.165) is 5.56 Å². The number of ether oxygens (including phenoxy) is 3. The van der Waals surface area contributed by atoms with E-state index in [2.05, 4.69) is 23.5 Å². The molecule has 0 aromatic heterocycles. The van der Waals surface area contributed by atoms with Crippen LogP contribution in [0.25, 0.3) is 6.08 Å². The lowest BCUT2D eigenvalue weighted by molar-refractivity contribution is -0.112. The second kappa shape index (κ2) is 12.9. The van der Waals surface area contributed by atoms with Gasteiger partial charge in [-0.1, -0.05) is 35.4 Å². The van der Waals surface area contributed by atoms with E-state index >= 15 is 0 Å². The Bertz CT molecular complexity index is 1320. The summed E-state index contributed by atoms with van der Waals surface area (Å²) in [6.07, 6.45) is 1.48. The number of nitrogens with zero attached hydrogens (tertiary/aromatic N) is 1. The molecule has 0 spiro atoms. The number of aryl methyl sites for hydroxylation is 2. The summed E-state index contributed by atoms with van der Waals surface area (Å²) in [6.45, 7) is 8.79.